The Bertz CT molecular complexity index is 708. The Balaban J connectivity index is 1.48. The highest BCUT2D eigenvalue weighted by atomic mass is 16.2. The molecule has 1 aliphatic carbocycles. The average Bonchev–Trinajstić information content (AvgIpc) is 3.23. The first-order chi connectivity index (χ1) is 10.7. The zero-order valence-corrected chi connectivity index (χ0v) is 12.6. The van der Waals surface area contributed by atoms with E-state index >= 15 is 0 Å². The second kappa shape index (κ2) is 5.25. The second-order valence-electron chi connectivity index (χ2n) is 6.45. The van der Waals surface area contributed by atoms with Gasteiger partial charge in [0.2, 0.25) is 0 Å². The Morgan fingerprint density at radius 1 is 1.36 bits per heavy atom. The van der Waals surface area contributed by atoms with E-state index in [1.54, 1.807) is 12.4 Å². The maximum absolute atomic E-state index is 12.4. The molecule has 0 spiro atoms. The molecule has 2 aliphatic rings. The molecule has 3 unspecified atom stereocenters. The Morgan fingerprint density at radius 2 is 2.27 bits per heavy atom. The van der Waals surface area contributed by atoms with E-state index < -0.39 is 0 Å². The maximum Gasteiger partial charge on any atom is 0.342 e. The predicted molar refractivity (Wildman–Crippen MR) is 84.6 cm³/mol. The number of nitrogens with zero attached hydrogens (tertiary/aromatic N) is 2. The third kappa shape index (κ3) is 2.41. The van der Waals surface area contributed by atoms with Crippen molar-refractivity contribution >= 4 is 6.03 Å². The van der Waals surface area contributed by atoms with Crippen molar-refractivity contribution in [3.8, 4) is 11.1 Å². The normalized spacial score (nSPS) is 26.3. The Kier molecular flexibility index (Phi) is 3.22. The molecule has 2 bridgehead atoms. The summed E-state index contributed by atoms with van der Waals surface area (Å²) >= 11 is 0. The van der Waals surface area contributed by atoms with Gasteiger partial charge in [-0.2, -0.15) is 9.78 Å². The molecule has 1 saturated carbocycles. The van der Waals surface area contributed by atoms with Crippen LogP contribution in [-0.2, 0) is 0 Å². The molecule has 1 aromatic heterocycles. The molecule has 4 rings (SSSR count). The van der Waals surface area contributed by atoms with Crippen LogP contribution in [0.15, 0.2) is 36.7 Å². The predicted octanol–water partition coefficient (Wildman–Crippen LogP) is 2.17. The lowest BCUT2D eigenvalue weighted by atomic mass is 10.1. The van der Waals surface area contributed by atoms with E-state index in [1.165, 1.54) is 16.7 Å². The van der Waals surface area contributed by atoms with Gasteiger partial charge in [0, 0.05) is 23.8 Å². The summed E-state index contributed by atoms with van der Waals surface area (Å²) in [7, 11) is 0. The third-order valence-electron chi connectivity index (χ3n) is 4.78. The highest BCUT2D eigenvalue weighted by molar-refractivity contribution is 5.78. The van der Waals surface area contributed by atoms with E-state index in [4.69, 9.17) is 0 Å². The van der Waals surface area contributed by atoms with Crippen LogP contribution in [0.25, 0.3) is 11.1 Å². The summed E-state index contributed by atoms with van der Waals surface area (Å²) in [5, 5.41) is 10.8. The quantitative estimate of drug-likeness (QED) is 0.893. The van der Waals surface area contributed by atoms with Crippen LogP contribution in [0.5, 0.6) is 0 Å². The van der Waals surface area contributed by atoms with Gasteiger partial charge in [-0.1, -0.05) is 29.8 Å². The number of hydrogen-bond donors (Lipinski definition) is 2. The minimum atomic E-state index is -0.141. The second-order valence-corrected chi connectivity index (χ2v) is 6.45. The molecule has 2 N–H and O–H groups in total. The number of aryl methyl sites for hydroxylation is 1. The van der Waals surface area contributed by atoms with Gasteiger partial charge >= 0.3 is 6.03 Å². The van der Waals surface area contributed by atoms with E-state index in [0.29, 0.717) is 6.04 Å². The largest absolute Gasteiger partial charge is 0.342 e. The number of carbonyl (C=O) groups is 1. The number of carbonyl (C=O) groups excluding carboxylic acids is 1. The van der Waals surface area contributed by atoms with Crippen molar-refractivity contribution in [2.24, 2.45) is 5.92 Å². The lowest BCUT2D eigenvalue weighted by Gasteiger charge is -2.23. The van der Waals surface area contributed by atoms with Gasteiger partial charge in [-0.3, -0.25) is 0 Å². The molecule has 1 saturated heterocycles. The highest BCUT2D eigenvalue weighted by Crippen LogP contribution is 2.31. The number of hydrogen-bond acceptors (Lipinski definition) is 3. The molecule has 1 aliphatic heterocycles. The zero-order chi connectivity index (χ0) is 15.1. The van der Waals surface area contributed by atoms with Gasteiger partial charge in [0.05, 0.1) is 6.20 Å². The number of piperidine rings is 1. The van der Waals surface area contributed by atoms with Crippen molar-refractivity contribution in [1.82, 2.24) is 20.4 Å². The van der Waals surface area contributed by atoms with Crippen molar-refractivity contribution < 1.29 is 4.79 Å². The smallest absolute Gasteiger partial charge is 0.332 e. The van der Waals surface area contributed by atoms with E-state index in [2.05, 4.69) is 34.8 Å². The first-order valence-electron chi connectivity index (χ1n) is 7.85. The number of nitrogens with one attached hydrogen (secondary N) is 2. The topological polar surface area (TPSA) is 59.0 Å². The minimum Gasteiger partial charge on any atom is -0.332 e. The lowest BCUT2D eigenvalue weighted by molar-refractivity contribution is 0.231. The summed E-state index contributed by atoms with van der Waals surface area (Å²) in [6, 6.07) is 8.73. The van der Waals surface area contributed by atoms with Crippen LogP contribution in [-0.4, -0.2) is 34.4 Å². The molecule has 2 aromatic rings. The van der Waals surface area contributed by atoms with Crippen LogP contribution >= 0.6 is 0 Å². The zero-order valence-electron chi connectivity index (χ0n) is 12.6. The molecule has 3 atom stereocenters. The number of amides is 1. The average molecular weight is 296 g/mol. The molecule has 5 nitrogen and oxygen atoms in total. The van der Waals surface area contributed by atoms with Gasteiger partial charge in [0.25, 0.3) is 0 Å². The molecule has 114 valence electrons. The monoisotopic (exact) mass is 296 g/mol. The van der Waals surface area contributed by atoms with Crippen LogP contribution < -0.4 is 10.6 Å². The molecule has 22 heavy (non-hydrogen) atoms. The Morgan fingerprint density at radius 3 is 3.00 bits per heavy atom. The maximum atomic E-state index is 12.4. The van der Waals surface area contributed by atoms with Crippen molar-refractivity contribution in [2.45, 2.75) is 31.8 Å². The number of rotatable bonds is 2. The van der Waals surface area contributed by atoms with Crippen molar-refractivity contribution in [2.75, 3.05) is 6.54 Å². The summed E-state index contributed by atoms with van der Waals surface area (Å²) in [6.45, 7) is 3.15. The van der Waals surface area contributed by atoms with Gasteiger partial charge in [-0.15, -0.1) is 0 Å². The van der Waals surface area contributed by atoms with Gasteiger partial charge in [-0.25, -0.2) is 4.79 Å². The van der Waals surface area contributed by atoms with E-state index in [-0.39, 0.29) is 12.1 Å². The third-order valence-corrected chi connectivity index (χ3v) is 4.78. The molecule has 5 heteroatoms. The number of benzene rings is 1. The fraction of sp³-hybridized carbons (Fsp3) is 0.412. The standard InChI is InChI=1S/C17H20N4O/c1-11-3-2-4-13(5-11)14-9-19-21(10-14)17(22)20-16-7-12-6-15(16)18-8-12/h2-5,9-10,12,15-16,18H,6-8H2,1H3,(H,20,22). The van der Waals surface area contributed by atoms with Gasteiger partial charge in [0.1, 0.15) is 0 Å². The Hall–Kier alpha value is -2.14. The van der Waals surface area contributed by atoms with Crippen molar-refractivity contribution in [3.05, 3.63) is 42.2 Å². The van der Waals surface area contributed by atoms with E-state index in [1.807, 2.05) is 12.1 Å². The van der Waals surface area contributed by atoms with Crippen LogP contribution in [0.1, 0.15) is 18.4 Å². The molecular formula is C17H20N4O. The summed E-state index contributed by atoms with van der Waals surface area (Å²) in [5.41, 5.74) is 3.24. The van der Waals surface area contributed by atoms with Gasteiger partial charge < -0.3 is 10.6 Å². The number of fused-ring (bicyclic) bond motifs is 2. The molecule has 1 amide bonds. The van der Waals surface area contributed by atoms with Crippen molar-refractivity contribution in [1.29, 1.82) is 0 Å². The molecule has 0 radical (unpaired) electrons. The van der Waals surface area contributed by atoms with Gasteiger partial charge in [0.15, 0.2) is 0 Å². The van der Waals surface area contributed by atoms with Gasteiger partial charge in [-0.05, 0) is 37.8 Å². The summed E-state index contributed by atoms with van der Waals surface area (Å²) in [4.78, 5) is 12.4. The highest BCUT2D eigenvalue weighted by Gasteiger charge is 2.40. The molecule has 2 heterocycles. The fourth-order valence-corrected chi connectivity index (χ4v) is 3.65. The SMILES string of the molecule is Cc1cccc(-c2cnn(C(=O)NC3CC4CNC3C4)c2)c1. The van der Waals surface area contributed by atoms with Crippen LogP contribution in [0.3, 0.4) is 0 Å². The van der Waals surface area contributed by atoms with Crippen molar-refractivity contribution in [3.63, 3.8) is 0 Å². The molecule has 1 aromatic carbocycles. The first-order valence-corrected chi connectivity index (χ1v) is 7.85. The van der Waals surface area contributed by atoms with Crippen LogP contribution in [0, 0.1) is 12.8 Å². The van der Waals surface area contributed by atoms with E-state index in [9.17, 15) is 4.79 Å². The van der Waals surface area contributed by atoms with Crippen LogP contribution in [0.4, 0.5) is 4.79 Å². The van der Waals surface area contributed by atoms with Crippen LogP contribution in [0.2, 0.25) is 0 Å². The summed E-state index contributed by atoms with van der Waals surface area (Å²) in [5.74, 6) is 0.718. The number of aromatic nitrogens is 2. The first kappa shape index (κ1) is 13.5. The molecule has 2 fully saturated rings. The Labute approximate surface area is 129 Å². The fourth-order valence-electron chi connectivity index (χ4n) is 3.65. The summed E-state index contributed by atoms with van der Waals surface area (Å²) in [6.07, 6.45) is 5.80. The summed E-state index contributed by atoms with van der Waals surface area (Å²) < 4.78 is 1.41. The molecular weight excluding hydrogens is 276 g/mol. The lowest BCUT2D eigenvalue weighted by Crippen LogP contribution is -2.49. The van der Waals surface area contributed by atoms with E-state index in [0.717, 1.165) is 30.0 Å². The minimum absolute atomic E-state index is 0.141.